The molecule has 0 N–H and O–H groups in total. The largest absolute Gasteiger partial charge is 0.151 e. The van der Waals surface area contributed by atoms with Crippen LogP contribution in [0.5, 0.6) is 0 Å². The van der Waals surface area contributed by atoms with Crippen LogP contribution in [-0.2, 0) is 0 Å². The first kappa shape index (κ1) is 7.92. The maximum absolute atomic E-state index is 3.85. The Hall–Kier alpha value is -0.0800. The zero-order valence-electron chi connectivity index (χ0n) is 4.41. The molecule has 2 heteroatoms. The molecule has 0 nitrogen and oxygen atoms in total. The summed E-state index contributed by atoms with van der Waals surface area (Å²) in [5.41, 5.74) is 0.898. The number of hydrogen-bond acceptors (Lipinski definition) is 2. The third kappa shape index (κ3) is 4.09. The highest BCUT2D eigenvalue weighted by Gasteiger charge is 1.72. The Labute approximate surface area is 60.8 Å². The second-order valence-electron chi connectivity index (χ2n) is 1.21. The molecule has 0 atom stereocenters. The molecule has 0 fully saturated rings. The Kier molecular flexibility index (Phi) is 5.01. The van der Waals surface area contributed by atoms with E-state index < -0.39 is 0 Å². The Morgan fingerprint density at radius 1 is 1.12 bits per heavy atom. The van der Waals surface area contributed by atoms with Crippen LogP contribution in [0.2, 0.25) is 0 Å². The van der Waals surface area contributed by atoms with Crippen molar-refractivity contribution in [2.45, 2.75) is 0 Å². The van der Waals surface area contributed by atoms with Crippen LogP contribution in [0.4, 0.5) is 0 Å². The lowest BCUT2D eigenvalue weighted by atomic mass is 10.3. The molecular weight excluding hydrogens is 136 g/mol. The Bertz CT molecular complexity index is 108. The number of hydrogen-bond donors (Lipinski definition) is 2. The first-order valence-corrected chi connectivity index (χ1v) is 3.15. The van der Waals surface area contributed by atoms with Gasteiger partial charge >= 0.3 is 0 Å². The molecule has 0 spiro atoms. The van der Waals surface area contributed by atoms with Crippen molar-refractivity contribution in [3.05, 3.63) is 35.1 Å². The summed E-state index contributed by atoms with van der Waals surface area (Å²) in [6, 6.07) is 0. The Morgan fingerprint density at radius 2 is 1.50 bits per heavy atom. The lowest BCUT2D eigenvalue weighted by Gasteiger charge is -1.81. The standard InChI is InChI=1S/C6H8S2/c1-6(2-4-7)3-5-8/h2-5,7-8H,1H2/b4-2+,5-3+. The fourth-order valence-corrected chi connectivity index (χ4v) is 0.630. The van der Waals surface area contributed by atoms with Gasteiger partial charge < -0.3 is 0 Å². The number of thiol groups is 2. The van der Waals surface area contributed by atoms with Gasteiger partial charge in [-0.3, -0.25) is 0 Å². The summed E-state index contributed by atoms with van der Waals surface area (Å²) in [6.45, 7) is 3.66. The molecule has 0 radical (unpaired) electrons. The van der Waals surface area contributed by atoms with Crippen LogP contribution in [0, 0.1) is 0 Å². The summed E-state index contributed by atoms with van der Waals surface area (Å²) >= 11 is 7.71. The molecule has 0 rings (SSSR count). The average Bonchev–Trinajstić information content (AvgIpc) is 1.68. The Morgan fingerprint density at radius 3 is 1.75 bits per heavy atom. The topological polar surface area (TPSA) is 0 Å². The van der Waals surface area contributed by atoms with E-state index >= 15 is 0 Å². The second-order valence-corrected chi connectivity index (χ2v) is 1.80. The van der Waals surface area contributed by atoms with Gasteiger partial charge in [-0.25, -0.2) is 0 Å². The van der Waals surface area contributed by atoms with E-state index in [1.807, 2.05) is 0 Å². The molecule has 0 unspecified atom stereocenters. The van der Waals surface area contributed by atoms with Gasteiger partial charge in [0, 0.05) is 0 Å². The number of rotatable bonds is 2. The van der Waals surface area contributed by atoms with Gasteiger partial charge in [0.2, 0.25) is 0 Å². The van der Waals surface area contributed by atoms with Gasteiger partial charge in [0.15, 0.2) is 0 Å². The van der Waals surface area contributed by atoms with Crippen molar-refractivity contribution in [2.75, 3.05) is 0 Å². The lowest BCUT2D eigenvalue weighted by Crippen LogP contribution is -1.59. The fourth-order valence-electron chi connectivity index (χ4n) is 0.247. The SMILES string of the molecule is C=C(/C=C/S)/C=C/S. The normalized spacial score (nSPS) is 11.2. The van der Waals surface area contributed by atoms with Crippen LogP contribution >= 0.6 is 25.3 Å². The summed E-state index contributed by atoms with van der Waals surface area (Å²) in [4.78, 5) is 0. The van der Waals surface area contributed by atoms with Gasteiger partial charge in [-0.2, -0.15) is 25.3 Å². The van der Waals surface area contributed by atoms with E-state index in [9.17, 15) is 0 Å². The van der Waals surface area contributed by atoms with Gasteiger partial charge in [0.05, 0.1) is 0 Å². The first-order valence-electron chi connectivity index (χ1n) is 2.11. The van der Waals surface area contributed by atoms with E-state index in [2.05, 4.69) is 31.8 Å². The van der Waals surface area contributed by atoms with E-state index in [4.69, 9.17) is 0 Å². The minimum atomic E-state index is 0.898. The van der Waals surface area contributed by atoms with Gasteiger partial charge in [-0.15, -0.1) is 0 Å². The predicted octanol–water partition coefficient (Wildman–Crippen LogP) is 2.43. The highest BCUT2D eigenvalue weighted by molar-refractivity contribution is 7.83. The smallest absolute Gasteiger partial charge is 0.0318 e. The molecule has 0 bridgehead atoms. The van der Waals surface area contributed by atoms with Crippen molar-refractivity contribution >= 4 is 25.3 Å². The van der Waals surface area contributed by atoms with Gasteiger partial charge in [0.25, 0.3) is 0 Å². The van der Waals surface area contributed by atoms with E-state index in [0.29, 0.717) is 0 Å². The molecule has 0 amide bonds. The molecule has 0 heterocycles. The Balaban J connectivity index is 3.66. The molecule has 0 aliphatic rings. The first-order chi connectivity index (χ1) is 3.81. The molecule has 8 heavy (non-hydrogen) atoms. The van der Waals surface area contributed by atoms with Gasteiger partial charge in [0.1, 0.15) is 0 Å². The van der Waals surface area contributed by atoms with Crippen molar-refractivity contribution in [1.29, 1.82) is 0 Å². The van der Waals surface area contributed by atoms with E-state index in [1.165, 1.54) is 0 Å². The van der Waals surface area contributed by atoms with Crippen LogP contribution in [0.1, 0.15) is 0 Å². The average molecular weight is 144 g/mol. The molecule has 44 valence electrons. The molecule has 0 aromatic heterocycles. The van der Waals surface area contributed by atoms with Crippen molar-refractivity contribution in [1.82, 2.24) is 0 Å². The summed E-state index contributed by atoms with van der Waals surface area (Å²) < 4.78 is 0. The maximum atomic E-state index is 3.85. The van der Waals surface area contributed by atoms with Crippen molar-refractivity contribution in [3.63, 3.8) is 0 Å². The molecule has 0 aromatic rings. The maximum Gasteiger partial charge on any atom is -0.0318 e. The van der Waals surface area contributed by atoms with E-state index in [0.717, 1.165) is 5.57 Å². The predicted molar refractivity (Wildman–Crippen MR) is 45.4 cm³/mol. The van der Waals surface area contributed by atoms with Crippen LogP contribution in [0.25, 0.3) is 0 Å². The highest BCUT2D eigenvalue weighted by Crippen LogP contribution is 1.96. The van der Waals surface area contributed by atoms with E-state index in [1.54, 1.807) is 23.0 Å². The van der Waals surface area contributed by atoms with Crippen molar-refractivity contribution in [2.24, 2.45) is 0 Å². The molecule has 0 saturated heterocycles. The zero-order valence-corrected chi connectivity index (χ0v) is 6.20. The summed E-state index contributed by atoms with van der Waals surface area (Å²) in [5, 5.41) is 3.27. The minimum absolute atomic E-state index is 0.898. The van der Waals surface area contributed by atoms with Gasteiger partial charge in [-0.05, 0) is 28.5 Å². The molecule has 0 aliphatic carbocycles. The van der Waals surface area contributed by atoms with E-state index in [-0.39, 0.29) is 0 Å². The van der Waals surface area contributed by atoms with Crippen LogP contribution in [0.15, 0.2) is 35.1 Å². The van der Waals surface area contributed by atoms with Crippen LogP contribution in [-0.4, -0.2) is 0 Å². The summed E-state index contributed by atoms with van der Waals surface area (Å²) in [7, 11) is 0. The third-order valence-electron chi connectivity index (χ3n) is 0.577. The quantitative estimate of drug-likeness (QED) is 0.431. The third-order valence-corrected chi connectivity index (χ3v) is 0.875. The van der Waals surface area contributed by atoms with Gasteiger partial charge in [-0.1, -0.05) is 6.58 Å². The lowest BCUT2D eigenvalue weighted by molar-refractivity contribution is 1.79. The molecular formula is C6H8S2. The van der Waals surface area contributed by atoms with Crippen LogP contribution < -0.4 is 0 Å². The monoisotopic (exact) mass is 144 g/mol. The molecule has 0 saturated carbocycles. The summed E-state index contributed by atoms with van der Waals surface area (Å²) in [5.74, 6) is 0. The van der Waals surface area contributed by atoms with Crippen molar-refractivity contribution in [3.8, 4) is 0 Å². The second kappa shape index (κ2) is 5.06. The zero-order chi connectivity index (χ0) is 6.41. The number of allylic oxidation sites excluding steroid dienone is 3. The minimum Gasteiger partial charge on any atom is -0.151 e. The summed E-state index contributed by atoms with van der Waals surface area (Å²) in [6.07, 6.45) is 3.58. The fraction of sp³-hybridized carbons (Fsp3) is 0. The molecule has 0 aromatic carbocycles. The van der Waals surface area contributed by atoms with Crippen molar-refractivity contribution < 1.29 is 0 Å². The highest BCUT2D eigenvalue weighted by atomic mass is 32.1. The van der Waals surface area contributed by atoms with Crippen LogP contribution in [0.3, 0.4) is 0 Å². The molecule has 0 aliphatic heterocycles.